The zero-order valence-corrected chi connectivity index (χ0v) is 13.0. The van der Waals surface area contributed by atoms with E-state index in [1.54, 1.807) is 0 Å². The van der Waals surface area contributed by atoms with E-state index in [9.17, 15) is 0 Å². The van der Waals surface area contributed by atoms with Crippen molar-refractivity contribution in [1.29, 1.82) is 0 Å². The van der Waals surface area contributed by atoms with Crippen LogP contribution in [0.25, 0.3) is 0 Å². The van der Waals surface area contributed by atoms with Gasteiger partial charge in [-0.05, 0) is 44.4 Å². The van der Waals surface area contributed by atoms with E-state index in [0.29, 0.717) is 17.6 Å². The van der Waals surface area contributed by atoms with E-state index in [1.807, 2.05) is 0 Å². The van der Waals surface area contributed by atoms with Gasteiger partial charge in [-0.25, -0.2) is 0 Å². The number of hydrogen-bond donors (Lipinski definition) is 1. The normalized spacial score (nSPS) is 45.3. The third-order valence-corrected chi connectivity index (χ3v) is 6.17. The van der Waals surface area contributed by atoms with Gasteiger partial charge in [-0.1, -0.05) is 27.2 Å². The lowest BCUT2D eigenvalue weighted by molar-refractivity contribution is -0.195. The third kappa shape index (κ3) is 2.47. The molecule has 3 aliphatic rings. The smallest absolute Gasteiger partial charge is 0.0684 e. The van der Waals surface area contributed by atoms with Crippen LogP contribution in [0.15, 0.2) is 0 Å². The van der Waals surface area contributed by atoms with E-state index in [1.165, 1.54) is 44.9 Å². The van der Waals surface area contributed by atoms with E-state index in [2.05, 4.69) is 26.1 Å². The molecule has 2 aliphatic carbocycles. The van der Waals surface area contributed by atoms with E-state index in [4.69, 9.17) is 4.74 Å². The summed E-state index contributed by atoms with van der Waals surface area (Å²) in [6.07, 6.45) is 10.2. The zero-order chi connectivity index (χ0) is 13.5. The van der Waals surface area contributed by atoms with Crippen molar-refractivity contribution in [2.24, 2.45) is 17.3 Å². The highest BCUT2D eigenvalue weighted by molar-refractivity contribution is 5.11. The minimum Gasteiger partial charge on any atom is -0.377 e. The van der Waals surface area contributed by atoms with Crippen molar-refractivity contribution in [3.05, 3.63) is 0 Å². The van der Waals surface area contributed by atoms with Gasteiger partial charge >= 0.3 is 0 Å². The molecule has 0 amide bonds. The molecule has 1 N–H and O–H groups in total. The van der Waals surface area contributed by atoms with Crippen molar-refractivity contribution in [1.82, 2.24) is 5.32 Å². The number of ether oxygens (including phenoxy) is 1. The molecule has 0 aromatic heterocycles. The second kappa shape index (κ2) is 5.37. The first-order chi connectivity index (χ1) is 9.13. The number of hydrogen-bond acceptors (Lipinski definition) is 2. The first-order valence-corrected chi connectivity index (χ1v) is 8.50. The fourth-order valence-electron chi connectivity index (χ4n) is 4.85. The molecule has 0 radical (unpaired) electrons. The lowest BCUT2D eigenvalue weighted by atomic mass is 9.55. The van der Waals surface area contributed by atoms with Gasteiger partial charge in [0.1, 0.15) is 0 Å². The lowest BCUT2D eigenvalue weighted by Gasteiger charge is -2.61. The van der Waals surface area contributed by atoms with Crippen molar-refractivity contribution in [2.75, 3.05) is 6.61 Å². The largest absolute Gasteiger partial charge is 0.377 e. The standard InChI is InChI=1S/C17H31NO/c1-4-12-7-9-13(10-8-12)18-15-14-6-5-11-19-16(14)17(15,2)3/h12-16,18H,4-11H2,1-3H3. The Labute approximate surface area is 118 Å². The predicted octanol–water partition coefficient (Wildman–Crippen LogP) is 3.75. The second-order valence-corrected chi connectivity index (χ2v) is 7.69. The van der Waals surface area contributed by atoms with Crippen LogP contribution >= 0.6 is 0 Å². The summed E-state index contributed by atoms with van der Waals surface area (Å²) >= 11 is 0. The average Bonchev–Trinajstić information content (AvgIpc) is 2.45. The Morgan fingerprint density at radius 2 is 1.84 bits per heavy atom. The van der Waals surface area contributed by atoms with Crippen LogP contribution in [-0.4, -0.2) is 24.8 Å². The van der Waals surface area contributed by atoms with Crippen LogP contribution < -0.4 is 5.32 Å². The van der Waals surface area contributed by atoms with E-state index in [-0.39, 0.29) is 0 Å². The van der Waals surface area contributed by atoms with Crippen molar-refractivity contribution in [3.63, 3.8) is 0 Å². The Morgan fingerprint density at radius 1 is 1.11 bits per heavy atom. The van der Waals surface area contributed by atoms with Crippen molar-refractivity contribution >= 4 is 0 Å². The SMILES string of the molecule is CCC1CCC(NC2C3CCCOC3C2(C)C)CC1. The second-order valence-electron chi connectivity index (χ2n) is 7.69. The van der Waals surface area contributed by atoms with E-state index in [0.717, 1.165) is 24.5 Å². The van der Waals surface area contributed by atoms with Crippen LogP contribution in [0, 0.1) is 17.3 Å². The fraction of sp³-hybridized carbons (Fsp3) is 1.00. The molecule has 0 spiro atoms. The summed E-state index contributed by atoms with van der Waals surface area (Å²) in [6.45, 7) is 8.13. The molecular weight excluding hydrogens is 234 g/mol. The average molecular weight is 265 g/mol. The minimum absolute atomic E-state index is 0.340. The van der Waals surface area contributed by atoms with Crippen LogP contribution in [0.3, 0.4) is 0 Å². The van der Waals surface area contributed by atoms with Gasteiger partial charge in [0.2, 0.25) is 0 Å². The summed E-state index contributed by atoms with van der Waals surface area (Å²) in [5.74, 6) is 1.78. The molecule has 19 heavy (non-hydrogen) atoms. The van der Waals surface area contributed by atoms with Gasteiger partial charge in [-0.15, -0.1) is 0 Å². The molecule has 2 saturated carbocycles. The zero-order valence-electron chi connectivity index (χ0n) is 13.0. The summed E-state index contributed by atoms with van der Waals surface area (Å²) in [4.78, 5) is 0. The molecule has 1 aliphatic heterocycles. The summed E-state index contributed by atoms with van der Waals surface area (Å²) in [5.41, 5.74) is 0.340. The maximum absolute atomic E-state index is 6.01. The molecule has 2 nitrogen and oxygen atoms in total. The van der Waals surface area contributed by atoms with Gasteiger partial charge in [0.25, 0.3) is 0 Å². The maximum atomic E-state index is 6.01. The molecule has 3 rings (SSSR count). The molecule has 0 bridgehead atoms. The van der Waals surface area contributed by atoms with Crippen molar-refractivity contribution in [3.8, 4) is 0 Å². The summed E-state index contributed by atoms with van der Waals surface area (Å²) in [7, 11) is 0. The molecular formula is C17H31NO. The summed E-state index contributed by atoms with van der Waals surface area (Å²) in [6, 6.07) is 1.47. The molecule has 3 atom stereocenters. The Bertz CT molecular complexity index is 306. The third-order valence-electron chi connectivity index (χ3n) is 6.17. The monoisotopic (exact) mass is 265 g/mol. The quantitative estimate of drug-likeness (QED) is 0.839. The number of nitrogens with one attached hydrogen (secondary N) is 1. The Morgan fingerprint density at radius 3 is 2.53 bits per heavy atom. The molecule has 110 valence electrons. The molecule has 3 fully saturated rings. The van der Waals surface area contributed by atoms with E-state index < -0.39 is 0 Å². The molecule has 3 unspecified atom stereocenters. The van der Waals surface area contributed by atoms with Gasteiger partial charge in [-0.2, -0.15) is 0 Å². The van der Waals surface area contributed by atoms with Crippen LogP contribution in [-0.2, 0) is 4.74 Å². The highest BCUT2D eigenvalue weighted by Gasteiger charge is 2.58. The lowest BCUT2D eigenvalue weighted by Crippen LogP contribution is -2.70. The van der Waals surface area contributed by atoms with Crippen LogP contribution in [0.4, 0.5) is 0 Å². The molecule has 0 aromatic carbocycles. The first-order valence-electron chi connectivity index (χ1n) is 8.50. The minimum atomic E-state index is 0.340. The molecule has 1 saturated heterocycles. The Balaban J connectivity index is 1.55. The molecule has 2 heteroatoms. The van der Waals surface area contributed by atoms with Gasteiger partial charge in [0, 0.05) is 30.0 Å². The van der Waals surface area contributed by atoms with Crippen molar-refractivity contribution < 1.29 is 4.74 Å². The maximum Gasteiger partial charge on any atom is 0.0684 e. The first kappa shape index (κ1) is 13.9. The fourth-order valence-corrected chi connectivity index (χ4v) is 4.85. The number of fused-ring (bicyclic) bond motifs is 1. The van der Waals surface area contributed by atoms with Gasteiger partial charge in [0.15, 0.2) is 0 Å². The number of rotatable bonds is 3. The van der Waals surface area contributed by atoms with Crippen molar-refractivity contribution in [2.45, 2.75) is 83.9 Å². The summed E-state index contributed by atoms with van der Waals surface area (Å²) < 4.78 is 6.01. The van der Waals surface area contributed by atoms with Gasteiger partial charge in [0.05, 0.1) is 6.10 Å². The van der Waals surface area contributed by atoms with Gasteiger partial charge in [-0.3, -0.25) is 0 Å². The summed E-state index contributed by atoms with van der Waals surface area (Å²) in [5, 5.41) is 4.01. The van der Waals surface area contributed by atoms with E-state index >= 15 is 0 Å². The van der Waals surface area contributed by atoms with Crippen LogP contribution in [0.1, 0.15) is 65.7 Å². The highest BCUT2D eigenvalue weighted by atomic mass is 16.5. The highest BCUT2D eigenvalue weighted by Crippen LogP contribution is 2.51. The van der Waals surface area contributed by atoms with Crippen LogP contribution in [0.5, 0.6) is 0 Å². The Kier molecular flexibility index (Phi) is 3.92. The predicted molar refractivity (Wildman–Crippen MR) is 79.2 cm³/mol. The molecule has 1 heterocycles. The Hall–Kier alpha value is -0.0800. The van der Waals surface area contributed by atoms with Gasteiger partial charge < -0.3 is 10.1 Å². The topological polar surface area (TPSA) is 21.3 Å². The molecule has 0 aromatic rings. The van der Waals surface area contributed by atoms with Crippen LogP contribution in [0.2, 0.25) is 0 Å².